The molecule has 1 N–H and O–H groups in total. The molecular weight excluding hydrogens is 360 g/mol. The van der Waals surface area contributed by atoms with Crippen molar-refractivity contribution in [2.24, 2.45) is 0 Å². The highest BCUT2D eigenvalue weighted by molar-refractivity contribution is 7.99. The number of amides is 1. The topological polar surface area (TPSA) is 69.0 Å². The second-order valence-corrected chi connectivity index (χ2v) is 7.21. The predicted octanol–water partition coefficient (Wildman–Crippen LogP) is 4.20. The highest BCUT2D eigenvalue weighted by atomic mass is 35.5. The van der Waals surface area contributed by atoms with E-state index in [1.54, 1.807) is 25.3 Å². The van der Waals surface area contributed by atoms with Gasteiger partial charge in [-0.3, -0.25) is 4.79 Å². The maximum absolute atomic E-state index is 12.3. The summed E-state index contributed by atoms with van der Waals surface area (Å²) in [5, 5.41) is 12.6. The Kier molecular flexibility index (Phi) is 7.13. The maximum atomic E-state index is 12.3. The highest BCUT2D eigenvalue weighted by Crippen LogP contribution is 2.28. The van der Waals surface area contributed by atoms with Crippen LogP contribution < -0.4 is 10.1 Å². The van der Waals surface area contributed by atoms with E-state index in [1.807, 2.05) is 0 Å². The number of hydrogen-bond acceptors (Lipinski definition) is 5. The summed E-state index contributed by atoms with van der Waals surface area (Å²) in [5.41, 5.74) is 0.554. The van der Waals surface area contributed by atoms with E-state index in [0.717, 1.165) is 23.9 Å². The Hall–Kier alpha value is -1.73. The molecular formula is C17H23ClN4O2S. The van der Waals surface area contributed by atoms with Crippen LogP contribution in [0.3, 0.4) is 0 Å². The number of aromatic nitrogens is 3. The first kappa shape index (κ1) is 19.6. The fourth-order valence-corrected chi connectivity index (χ4v) is 3.31. The zero-order valence-corrected chi connectivity index (χ0v) is 16.4. The van der Waals surface area contributed by atoms with Gasteiger partial charge in [0.1, 0.15) is 11.6 Å². The number of anilines is 1. The number of thioether (sulfide) groups is 1. The van der Waals surface area contributed by atoms with E-state index in [4.69, 9.17) is 16.3 Å². The van der Waals surface area contributed by atoms with Crippen LogP contribution in [0.2, 0.25) is 5.02 Å². The van der Waals surface area contributed by atoms with Gasteiger partial charge in [-0.25, -0.2) is 0 Å². The van der Waals surface area contributed by atoms with Crippen LogP contribution in [-0.4, -0.2) is 33.5 Å². The Morgan fingerprint density at radius 1 is 1.40 bits per heavy atom. The van der Waals surface area contributed by atoms with Crippen molar-refractivity contribution in [2.75, 3.05) is 18.2 Å². The van der Waals surface area contributed by atoms with Gasteiger partial charge in [-0.1, -0.05) is 44.1 Å². The van der Waals surface area contributed by atoms with E-state index in [2.05, 4.69) is 40.9 Å². The number of nitrogens with one attached hydrogen (secondary N) is 1. The summed E-state index contributed by atoms with van der Waals surface area (Å²) < 4.78 is 7.32. The molecule has 6 nitrogen and oxygen atoms in total. The van der Waals surface area contributed by atoms with E-state index in [9.17, 15) is 4.79 Å². The molecule has 0 bridgehead atoms. The van der Waals surface area contributed by atoms with Gasteiger partial charge in [-0.2, -0.15) is 0 Å². The number of methoxy groups -OCH3 is 1. The second-order valence-electron chi connectivity index (χ2n) is 5.83. The number of carbonyl (C=O) groups excluding carboxylic acids is 1. The molecule has 2 rings (SSSR count). The third-order valence-corrected chi connectivity index (χ3v) is 4.68. The van der Waals surface area contributed by atoms with E-state index in [-0.39, 0.29) is 17.6 Å². The van der Waals surface area contributed by atoms with Crippen molar-refractivity contribution in [1.29, 1.82) is 0 Å². The van der Waals surface area contributed by atoms with Gasteiger partial charge < -0.3 is 14.6 Å². The van der Waals surface area contributed by atoms with Gasteiger partial charge in [-0.15, -0.1) is 10.2 Å². The largest absolute Gasteiger partial charge is 0.495 e. The lowest BCUT2D eigenvalue weighted by molar-refractivity contribution is -0.113. The molecule has 0 aliphatic carbocycles. The van der Waals surface area contributed by atoms with Crippen LogP contribution in [0.4, 0.5) is 5.69 Å². The Bertz CT molecular complexity index is 733. The molecule has 25 heavy (non-hydrogen) atoms. The first-order chi connectivity index (χ1) is 12.0. The molecule has 0 radical (unpaired) electrons. The summed E-state index contributed by atoms with van der Waals surface area (Å²) in [6.07, 6.45) is 0.983. The van der Waals surface area contributed by atoms with Crippen molar-refractivity contribution in [3.8, 4) is 5.75 Å². The van der Waals surface area contributed by atoms with Crippen molar-refractivity contribution < 1.29 is 9.53 Å². The van der Waals surface area contributed by atoms with Crippen molar-refractivity contribution in [2.45, 2.75) is 44.8 Å². The molecule has 1 amide bonds. The lowest BCUT2D eigenvalue weighted by Crippen LogP contribution is -2.15. The average molecular weight is 383 g/mol. The normalized spacial score (nSPS) is 11.0. The molecule has 0 fully saturated rings. The molecule has 1 aromatic heterocycles. The Morgan fingerprint density at radius 2 is 2.16 bits per heavy atom. The molecule has 0 saturated carbocycles. The number of carbonyl (C=O) groups is 1. The second kappa shape index (κ2) is 9.10. The average Bonchev–Trinajstić information content (AvgIpc) is 2.96. The van der Waals surface area contributed by atoms with Crippen LogP contribution in [0.5, 0.6) is 5.75 Å². The highest BCUT2D eigenvalue weighted by Gasteiger charge is 2.16. The molecule has 0 aliphatic heterocycles. The lowest BCUT2D eigenvalue weighted by atomic mass is 10.2. The molecule has 0 atom stereocenters. The Morgan fingerprint density at radius 3 is 2.80 bits per heavy atom. The molecule has 0 spiro atoms. The van der Waals surface area contributed by atoms with Gasteiger partial charge >= 0.3 is 0 Å². The van der Waals surface area contributed by atoms with E-state index < -0.39 is 0 Å². The number of benzene rings is 1. The fraction of sp³-hybridized carbons (Fsp3) is 0.471. The maximum Gasteiger partial charge on any atom is 0.234 e. The fourth-order valence-electron chi connectivity index (χ4n) is 2.36. The quantitative estimate of drug-likeness (QED) is 0.693. The zero-order valence-electron chi connectivity index (χ0n) is 14.9. The summed E-state index contributed by atoms with van der Waals surface area (Å²) in [7, 11) is 1.55. The Balaban J connectivity index is 2.04. The van der Waals surface area contributed by atoms with E-state index >= 15 is 0 Å². The molecule has 0 unspecified atom stereocenters. The summed E-state index contributed by atoms with van der Waals surface area (Å²) in [6.45, 7) is 7.12. The molecule has 8 heteroatoms. The van der Waals surface area contributed by atoms with Crippen LogP contribution in [0.1, 0.15) is 38.9 Å². The molecule has 2 aromatic rings. The SMILES string of the molecule is CCCn1c(SCC(=O)Nc2cc(Cl)ccc2OC)nnc1C(C)C. The standard InChI is InChI=1S/C17H23ClN4O2S/c1-5-8-22-16(11(2)3)20-21-17(22)25-10-15(23)19-13-9-12(18)6-7-14(13)24-4/h6-7,9,11H,5,8,10H2,1-4H3,(H,19,23). The lowest BCUT2D eigenvalue weighted by Gasteiger charge is -2.12. The smallest absolute Gasteiger partial charge is 0.234 e. The van der Waals surface area contributed by atoms with Crippen LogP contribution in [-0.2, 0) is 11.3 Å². The van der Waals surface area contributed by atoms with Gasteiger partial charge in [0.15, 0.2) is 5.16 Å². The third kappa shape index (κ3) is 5.12. The number of hydrogen-bond donors (Lipinski definition) is 1. The predicted molar refractivity (Wildman–Crippen MR) is 102 cm³/mol. The van der Waals surface area contributed by atoms with Crippen molar-refractivity contribution in [3.63, 3.8) is 0 Å². The molecule has 0 aliphatic rings. The van der Waals surface area contributed by atoms with Gasteiger partial charge in [0, 0.05) is 17.5 Å². The van der Waals surface area contributed by atoms with Gasteiger partial charge in [-0.05, 0) is 24.6 Å². The molecule has 0 saturated heterocycles. The minimum absolute atomic E-state index is 0.150. The molecule has 136 valence electrons. The van der Waals surface area contributed by atoms with E-state index in [0.29, 0.717) is 16.5 Å². The minimum atomic E-state index is -0.150. The van der Waals surface area contributed by atoms with Crippen LogP contribution in [0.15, 0.2) is 23.4 Å². The van der Waals surface area contributed by atoms with Crippen LogP contribution >= 0.6 is 23.4 Å². The number of ether oxygens (including phenoxy) is 1. The summed E-state index contributed by atoms with van der Waals surface area (Å²) in [4.78, 5) is 12.3. The number of halogens is 1. The van der Waals surface area contributed by atoms with Crippen molar-refractivity contribution >= 4 is 35.0 Å². The van der Waals surface area contributed by atoms with Gasteiger partial charge in [0.25, 0.3) is 0 Å². The third-order valence-electron chi connectivity index (χ3n) is 3.48. The molecule has 1 aromatic carbocycles. The zero-order chi connectivity index (χ0) is 18.4. The number of rotatable bonds is 8. The summed E-state index contributed by atoms with van der Waals surface area (Å²) in [6, 6.07) is 5.10. The first-order valence-corrected chi connectivity index (χ1v) is 9.51. The van der Waals surface area contributed by atoms with Crippen molar-refractivity contribution in [1.82, 2.24) is 14.8 Å². The van der Waals surface area contributed by atoms with Crippen LogP contribution in [0.25, 0.3) is 0 Å². The van der Waals surface area contributed by atoms with Crippen LogP contribution in [0, 0.1) is 0 Å². The summed E-state index contributed by atoms with van der Waals surface area (Å²) >= 11 is 7.36. The van der Waals surface area contributed by atoms with Gasteiger partial charge in [0.2, 0.25) is 5.91 Å². The molecule has 1 heterocycles. The Labute approximate surface area is 157 Å². The minimum Gasteiger partial charge on any atom is -0.495 e. The van der Waals surface area contributed by atoms with Gasteiger partial charge in [0.05, 0.1) is 18.6 Å². The first-order valence-electron chi connectivity index (χ1n) is 8.15. The van der Waals surface area contributed by atoms with E-state index in [1.165, 1.54) is 11.8 Å². The summed E-state index contributed by atoms with van der Waals surface area (Å²) in [5.74, 6) is 1.89. The number of nitrogens with zero attached hydrogens (tertiary/aromatic N) is 3. The van der Waals surface area contributed by atoms with Crippen molar-refractivity contribution in [3.05, 3.63) is 29.0 Å². The monoisotopic (exact) mass is 382 g/mol.